The van der Waals surface area contributed by atoms with Gasteiger partial charge in [-0.25, -0.2) is 4.79 Å². The summed E-state index contributed by atoms with van der Waals surface area (Å²) in [6.07, 6.45) is 0. The average molecular weight is 317 g/mol. The summed E-state index contributed by atoms with van der Waals surface area (Å²) < 4.78 is 6.12. The first-order valence-corrected chi connectivity index (χ1v) is 6.59. The molecule has 23 heavy (non-hydrogen) atoms. The molecule has 0 spiro atoms. The first kappa shape index (κ1) is 16.2. The van der Waals surface area contributed by atoms with Gasteiger partial charge in [0.2, 0.25) is 0 Å². The smallest absolute Gasteiger partial charge is 0.375 e. The van der Waals surface area contributed by atoms with Gasteiger partial charge in [-0.2, -0.15) is 0 Å². The van der Waals surface area contributed by atoms with Crippen LogP contribution in [0.3, 0.4) is 0 Å². The zero-order valence-electron chi connectivity index (χ0n) is 12.5. The minimum atomic E-state index is -0.805. The number of hydrogen-bond donors (Lipinski definition) is 2. The number of pyridine rings is 1. The Balaban J connectivity index is 1.91. The van der Waals surface area contributed by atoms with Crippen molar-refractivity contribution in [1.82, 2.24) is 15.6 Å². The first-order chi connectivity index (χ1) is 11.0. The van der Waals surface area contributed by atoms with Gasteiger partial charge < -0.3 is 14.1 Å². The van der Waals surface area contributed by atoms with Crippen molar-refractivity contribution < 1.29 is 19.2 Å². The van der Waals surface area contributed by atoms with Crippen LogP contribution in [0.25, 0.3) is 0 Å². The molecule has 0 saturated carbocycles. The van der Waals surface area contributed by atoms with Crippen LogP contribution in [0.1, 0.15) is 20.8 Å². The molecule has 0 bridgehead atoms. The monoisotopic (exact) mass is 317 g/mol. The van der Waals surface area contributed by atoms with Crippen molar-refractivity contribution in [1.29, 1.82) is 0 Å². The van der Waals surface area contributed by atoms with E-state index in [4.69, 9.17) is 9.57 Å². The Kier molecular flexibility index (Phi) is 5.11. The summed E-state index contributed by atoms with van der Waals surface area (Å²) in [5.74, 6) is -0.687. The average Bonchev–Trinajstić information content (AvgIpc) is 2.57. The van der Waals surface area contributed by atoms with Gasteiger partial charge in [-0.3, -0.25) is 15.0 Å². The van der Waals surface area contributed by atoms with Crippen LogP contribution in [-0.2, 0) is 11.9 Å². The number of nitrogens with one attached hydrogen (secondary N) is 2. The fourth-order valence-electron chi connectivity index (χ4n) is 1.75. The molecular weight excluding hydrogens is 302 g/mol. The van der Waals surface area contributed by atoms with E-state index in [-0.39, 0.29) is 11.3 Å². The number of nitrogens with zero attached hydrogens (tertiary/aromatic N) is 1. The molecule has 0 aliphatic heterocycles. The predicted octanol–water partition coefficient (Wildman–Crippen LogP) is 0.400. The highest BCUT2D eigenvalue weighted by Crippen LogP contribution is 2.10. The van der Waals surface area contributed by atoms with Crippen molar-refractivity contribution in [3.63, 3.8) is 0 Å². The van der Waals surface area contributed by atoms with Crippen molar-refractivity contribution in [2.24, 2.45) is 7.05 Å². The van der Waals surface area contributed by atoms with Crippen LogP contribution in [0.5, 0.6) is 5.75 Å². The standard InChI is InChI=1S/C15H15N3O5/c1-18-12(4-3-5-13(18)19)15(21)23-17-16-14(20)10-6-8-11(22-2)9-7-10/h3-9,17H,1-2H3,(H,16,20). The molecule has 8 nitrogen and oxygen atoms in total. The summed E-state index contributed by atoms with van der Waals surface area (Å²) in [5.41, 5.74) is 4.32. The number of carbonyl (C=O) groups excluding carboxylic acids is 2. The van der Waals surface area contributed by atoms with Crippen molar-refractivity contribution in [3.05, 3.63) is 64.1 Å². The molecule has 0 saturated heterocycles. The zero-order valence-corrected chi connectivity index (χ0v) is 12.5. The molecule has 0 unspecified atom stereocenters. The molecule has 120 valence electrons. The van der Waals surface area contributed by atoms with Gasteiger partial charge in [0.25, 0.3) is 11.5 Å². The second-order valence-corrected chi connectivity index (χ2v) is 4.48. The van der Waals surface area contributed by atoms with E-state index in [1.165, 1.54) is 32.4 Å². The minimum Gasteiger partial charge on any atom is -0.497 e. The highest BCUT2D eigenvalue weighted by molar-refractivity contribution is 5.94. The molecule has 1 aromatic heterocycles. The molecule has 2 aromatic rings. The van der Waals surface area contributed by atoms with Crippen LogP contribution in [0, 0.1) is 0 Å². The third kappa shape index (κ3) is 3.95. The van der Waals surface area contributed by atoms with E-state index in [9.17, 15) is 14.4 Å². The van der Waals surface area contributed by atoms with Crippen LogP contribution in [-0.4, -0.2) is 23.6 Å². The van der Waals surface area contributed by atoms with Crippen molar-refractivity contribution in [3.8, 4) is 5.75 Å². The maximum atomic E-state index is 11.8. The third-order valence-corrected chi connectivity index (χ3v) is 3.05. The Morgan fingerprint density at radius 1 is 1.09 bits per heavy atom. The lowest BCUT2D eigenvalue weighted by molar-refractivity contribution is 0.0126. The van der Waals surface area contributed by atoms with Gasteiger partial charge in [0.05, 0.1) is 7.11 Å². The van der Waals surface area contributed by atoms with Gasteiger partial charge in [-0.05, 0) is 30.3 Å². The number of aromatic nitrogens is 1. The molecule has 0 atom stereocenters. The Hall–Kier alpha value is -3.13. The Bertz CT molecular complexity index is 767. The van der Waals surface area contributed by atoms with Crippen LogP contribution in [0.15, 0.2) is 47.3 Å². The fraction of sp³-hybridized carbons (Fsp3) is 0.133. The van der Waals surface area contributed by atoms with Gasteiger partial charge in [-0.1, -0.05) is 11.7 Å². The Morgan fingerprint density at radius 3 is 2.43 bits per heavy atom. The molecule has 0 aliphatic rings. The molecule has 0 aliphatic carbocycles. The van der Waals surface area contributed by atoms with Gasteiger partial charge in [0, 0.05) is 18.7 Å². The van der Waals surface area contributed by atoms with E-state index >= 15 is 0 Å². The molecule has 2 N–H and O–H groups in total. The number of amides is 1. The second-order valence-electron chi connectivity index (χ2n) is 4.48. The largest absolute Gasteiger partial charge is 0.497 e. The maximum Gasteiger partial charge on any atom is 0.375 e. The number of hydrazine groups is 1. The Labute approximate surface area is 131 Å². The topological polar surface area (TPSA) is 98.7 Å². The predicted molar refractivity (Wildman–Crippen MR) is 80.7 cm³/mol. The number of methoxy groups -OCH3 is 1. The molecule has 0 radical (unpaired) electrons. The quantitative estimate of drug-likeness (QED) is 0.775. The Morgan fingerprint density at radius 2 is 1.78 bits per heavy atom. The van der Waals surface area contributed by atoms with Gasteiger partial charge >= 0.3 is 5.97 Å². The normalized spacial score (nSPS) is 10.0. The minimum absolute atomic E-state index is 0.0451. The molecule has 1 aromatic carbocycles. The van der Waals surface area contributed by atoms with Gasteiger partial charge in [-0.15, -0.1) is 0 Å². The maximum absolute atomic E-state index is 11.8. The number of ether oxygens (including phenoxy) is 1. The highest BCUT2D eigenvalue weighted by Gasteiger charge is 2.12. The lowest BCUT2D eigenvalue weighted by Crippen LogP contribution is -2.39. The van der Waals surface area contributed by atoms with Crippen LogP contribution in [0.4, 0.5) is 0 Å². The molecule has 2 rings (SSSR count). The van der Waals surface area contributed by atoms with Crippen LogP contribution in [0.2, 0.25) is 0 Å². The van der Waals surface area contributed by atoms with Gasteiger partial charge in [0.1, 0.15) is 11.4 Å². The zero-order chi connectivity index (χ0) is 16.8. The molecule has 1 amide bonds. The van der Waals surface area contributed by atoms with E-state index in [0.717, 1.165) is 4.57 Å². The summed E-state index contributed by atoms with van der Waals surface area (Å²) in [6, 6.07) is 10.5. The van der Waals surface area contributed by atoms with E-state index < -0.39 is 11.9 Å². The third-order valence-electron chi connectivity index (χ3n) is 3.05. The van der Waals surface area contributed by atoms with Crippen molar-refractivity contribution in [2.75, 3.05) is 7.11 Å². The number of hydrogen-bond acceptors (Lipinski definition) is 6. The van der Waals surface area contributed by atoms with Crippen molar-refractivity contribution >= 4 is 11.9 Å². The summed E-state index contributed by atoms with van der Waals surface area (Å²) >= 11 is 0. The van der Waals surface area contributed by atoms with Crippen LogP contribution < -0.4 is 21.3 Å². The number of rotatable bonds is 5. The van der Waals surface area contributed by atoms with Crippen LogP contribution >= 0.6 is 0 Å². The number of carbonyl (C=O) groups is 2. The van der Waals surface area contributed by atoms with Crippen molar-refractivity contribution in [2.45, 2.75) is 0 Å². The second kappa shape index (κ2) is 7.23. The summed E-state index contributed by atoms with van der Waals surface area (Å²) in [4.78, 5) is 39.7. The van der Waals surface area contributed by atoms with E-state index in [1.54, 1.807) is 24.3 Å². The van der Waals surface area contributed by atoms with E-state index in [0.29, 0.717) is 11.3 Å². The SMILES string of the molecule is COc1ccc(C(=O)NNOC(=O)c2cccc(=O)n2C)cc1. The van der Waals surface area contributed by atoms with E-state index in [2.05, 4.69) is 11.0 Å². The lowest BCUT2D eigenvalue weighted by atomic mass is 10.2. The lowest BCUT2D eigenvalue weighted by Gasteiger charge is -2.09. The van der Waals surface area contributed by atoms with Gasteiger partial charge in [0.15, 0.2) is 0 Å². The first-order valence-electron chi connectivity index (χ1n) is 6.59. The molecule has 0 fully saturated rings. The highest BCUT2D eigenvalue weighted by atomic mass is 16.7. The molecule has 1 heterocycles. The number of benzene rings is 1. The molecular formula is C15H15N3O5. The fourth-order valence-corrected chi connectivity index (χ4v) is 1.75. The summed E-state index contributed by atoms with van der Waals surface area (Å²) in [5, 5.41) is 0. The molecule has 8 heteroatoms. The van der Waals surface area contributed by atoms with E-state index in [1.807, 2.05) is 0 Å². The summed E-state index contributed by atoms with van der Waals surface area (Å²) in [7, 11) is 2.96. The summed E-state index contributed by atoms with van der Waals surface area (Å²) in [6.45, 7) is 0.